The summed E-state index contributed by atoms with van der Waals surface area (Å²) in [6.07, 6.45) is 3.53. The molecule has 3 N–H and O–H groups in total. The Hall–Kier alpha value is -1.93. The number of nitrogens with one attached hydrogen (secondary N) is 1. The molecule has 1 aliphatic carbocycles. The van der Waals surface area contributed by atoms with Gasteiger partial charge in [-0.05, 0) is 36.8 Å². The zero-order valence-electron chi connectivity index (χ0n) is 17.2. The molecular weight excluding hydrogens is 432 g/mol. The number of pyridine rings is 1. The van der Waals surface area contributed by atoms with Gasteiger partial charge in [-0.15, -0.1) is 24.8 Å². The average Bonchev–Trinajstić information content (AvgIpc) is 2.68. The number of hydrogen-bond acceptors (Lipinski definition) is 5. The van der Waals surface area contributed by atoms with Gasteiger partial charge in [0, 0.05) is 31.2 Å². The third-order valence-corrected chi connectivity index (χ3v) is 5.55. The standard InChI is InChI=1S/C21H26FN3O3.2ClH/c1-4-27-18-11-21(23,20(18,2)3)19(26)25-12-14-7-8-17(16(22)10-14)28-15-6-5-9-24-13-15;;/h5-10,13,18H,4,11-12,23H2,1-3H3,(H,25,26);2*1H. The van der Waals surface area contributed by atoms with Crippen LogP contribution in [0.2, 0.25) is 0 Å². The van der Waals surface area contributed by atoms with Gasteiger partial charge >= 0.3 is 0 Å². The summed E-state index contributed by atoms with van der Waals surface area (Å²) in [6, 6.07) is 7.96. The first-order valence-electron chi connectivity index (χ1n) is 9.33. The molecule has 30 heavy (non-hydrogen) atoms. The second-order valence-corrected chi connectivity index (χ2v) is 7.58. The maximum Gasteiger partial charge on any atom is 0.241 e. The van der Waals surface area contributed by atoms with E-state index in [4.69, 9.17) is 15.2 Å². The van der Waals surface area contributed by atoms with Crippen molar-refractivity contribution >= 4 is 30.7 Å². The molecule has 2 aromatic rings. The Morgan fingerprint density at radius 1 is 1.33 bits per heavy atom. The number of amides is 1. The van der Waals surface area contributed by atoms with E-state index < -0.39 is 16.8 Å². The molecule has 0 saturated heterocycles. The van der Waals surface area contributed by atoms with E-state index in [0.717, 1.165) is 0 Å². The van der Waals surface area contributed by atoms with Crippen LogP contribution in [0.15, 0.2) is 42.7 Å². The largest absolute Gasteiger partial charge is 0.453 e. The van der Waals surface area contributed by atoms with Crippen molar-refractivity contribution < 1.29 is 18.7 Å². The van der Waals surface area contributed by atoms with Crippen LogP contribution in [0.1, 0.15) is 32.8 Å². The summed E-state index contributed by atoms with van der Waals surface area (Å²) in [5.74, 6) is -0.232. The highest BCUT2D eigenvalue weighted by atomic mass is 35.5. The van der Waals surface area contributed by atoms with Crippen molar-refractivity contribution in [2.24, 2.45) is 11.1 Å². The molecule has 6 nitrogen and oxygen atoms in total. The summed E-state index contributed by atoms with van der Waals surface area (Å²) in [7, 11) is 0. The van der Waals surface area contributed by atoms with Crippen LogP contribution in [0, 0.1) is 11.2 Å². The number of nitrogens with two attached hydrogens (primary N) is 1. The molecule has 1 saturated carbocycles. The third kappa shape index (κ3) is 5.03. The number of aromatic nitrogens is 1. The van der Waals surface area contributed by atoms with Crippen LogP contribution in [0.5, 0.6) is 11.5 Å². The van der Waals surface area contributed by atoms with Gasteiger partial charge in [-0.1, -0.05) is 19.9 Å². The quantitative estimate of drug-likeness (QED) is 0.652. The van der Waals surface area contributed by atoms with Crippen molar-refractivity contribution in [1.82, 2.24) is 10.3 Å². The Morgan fingerprint density at radius 2 is 2.07 bits per heavy atom. The van der Waals surface area contributed by atoms with E-state index >= 15 is 0 Å². The summed E-state index contributed by atoms with van der Waals surface area (Å²) in [5, 5.41) is 2.82. The molecule has 1 amide bonds. The van der Waals surface area contributed by atoms with E-state index in [1.807, 2.05) is 20.8 Å². The molecule has 2 unspecified atom stereocenters. The molecule has 0 aliphatic heterocycles. The fourth-order valence-electron chi connectivity index (χ4n) is 3.43. The SMILES string of the molecule is CCOC1CC(N)(C(=O)NCc2ccc(Oc3cccnc3)c(F)c2)C1(C)C.Cl.Cl. The van der Waals surface area contributed by atoms with Crippen LogP contribution >= 0.6 is 24.8 Å². The first-order chi connectivity index (χ1) is 13.3. The molecule has 1 fully saturated rings. The molecule has 1 aliphatic rings. The van der Waals surface area contributed by atoms with E-state index in [-0.39, 0.29) is 49.1 Å². The van der Waals surface area contributed by atoms with Gasteiger partial charge in [-0.25, -0.2) is 4.39 Å². The summed E-state index contributed by atoms with van der Waals surface area (Å²) >= 11 is 0. The smallest absolute Gasteiger partial charge is 0.241 e. The van der Waals surface area contributed by atoms with Crippen LogP contribution in [0.25, 0.3) is 0 Å². The van der Waals surface area contributed by atoms with Crippen molar-refractivity contribution in [1.29, 1.82) is 0 Å². The van der Waals surface area contributed by atoms with Gasteiger partial charge in [-0.2, -0.15) is 0 Å². The Morgan fingerprint density at radius 3 is 2.63 bits per heavy atom. The lowest BCUT2D eigenvalue weighted by molar-refractivity contribution is -0.170. The minimum atomic E-state index is -1.01. The van der Waals surface area contributed by atoms with Gasteiger partial charge < -0.3 is 20.5 Å². The van der Waals surface area contributed by atoms with Crippen LogP contribution in [0.4, 0.5) is 4.39 Å². The Bertz CT molecular complexity index is 855. The minimum absolute atomic E-state index is 0. The molecule has 1 aromatic heterocycles. The predicted molar refractivity (Wildman–Crippen MR) is 118 cm³/mol. The number of nitrogens with zero attached hydrogens (tertiary/aromatic N) is 1. The maximum atomic E-state index is 14.3. The number of rotatable bonds is 7. The van der Waals surface area contributed by atoms with E-state index in [9.17, 15) is 9.18 Å². The van der Waals surface area contributed by atoms with Gasteiger partial charge in [0.1, 0.15) is 11.3 Å². The number of benzene rings is 1. The molecule has 1 aromatic carbocycles. The number of carbonyl (C=O) groups is 1. The van der Waals surface area contributed by atoms with Gasteiger partial charge in [0.15, 0.2) is 11.6 Å². The zero-order valence-corrected chi connectivity index (χ0v) is 18.8. The fourth-order valence-corrected chi connectivity index (χ4v) is 3.43. The maximum absolute atomic E-state index is 14.3. The normalized spacial score (nSPS) is 21.4. The van der Waals surface area contributed by atoms with E-state index in [1.165, 1.54) is 18.3 Å². The zero-order chi connectivity index (χ0) is 20.4. The average molecular weight is 460 g/mol. The highest BCUT2D eigenvalue weighted by Gasteiger charge is 2.62. The Balaban J connectivity index is 0.00000225. The lowest BCUT2D eigenvalue weighted by Gasteiger charge is -2.57. The second kappa shape index (κ2) is 10.4. The van der Waals surface area contributed by atoms with Crippen molar-refractivity contribution in [3.8, 4) is 11.5 Å². The molecule has 0 bridgehead atoms. The number of carbonyl (C=O) groups excluding carboxylic acids is 1. The van der Waals surface area contributed by atoms with Crippen molar-refractivity contribution in [2.45, 2.75) is 45.4 Å². The molecule has 0 spiro atoms. The van der Waals surface area contributed by atoms with Crippen molar-refractivity contribution in [3.63, 3.8) is 0 Å². The predicted octanol–water partition coefficient (Wildman–Crippen LogP) is 4.01. The van der Waals surface area contributed by atoms with Crippen LogP contribution < -0.4 is 15.8 Å². The van der Waals surface area contributed by atoms with Crippen LogP contribution in [-0.2, 0) is 16.1 Å². The van der Waals surface area contributed by atoms with Crippen molar-refractivity contribution in [2.75, 3.05) is 6.61 Å². The fraction of sp³-hybridized carbons (Fsp3) is 0.429. The molecule has 166 valence electrons. The molecular formula is C21H28Cl2FN3O3. The van der Waals surface area contributed by atoms with E-state index in [2.05, 4.69) is 10.3 Å². The Kier molecular flexibility index (Phi) is 9.05. The van der Waals surface area contributed by atoms with E-state index in [1.54, 1.807) is 24.4 Å². The number of hydrogen-bond donors (Lipinski definition) is 2. The highest BCUT2D eigenvalue weighted by molar-refractivity contribution is 5.88. The molecule has 3 rings (SSSR count). The molecule has 2 atom stereocenters. The minimum Gasteiger partial charge on any atom is -0.453 e. The third-order valence-electron chi connectivity index (χ3n) is 5.55. The lowest BCUT2D eigenvalue weighted by Crippen LogP contribution is -2.75. The van der Waals surface area contributed by atoms with Crippen LogP contribution in [-0.4, -0.2) is 29.1 Å². The van der Waals surface area contributed by atoms with E-state index in [0.29, 0.717) is 24.3 Å². The monoisotopic (exact) mass is 459 g/mol. The van der Waals surface area contributed by atoms with Gasteiger partial charge in [0.25, 0.3) is 0 Å². The summed E-state index contributed by atoms with van der Waals surface area (Å²) in [4.78, 5) is 16.6. The number of halogens is 3. The van der Waals surface area contributed by atoms with Gasteiger partial charge in [0.2, 0.25) is 5.91 Å². The second-order valence-electron chi connectivity index (χ2n) is 7.58. The first kappa shape index (κ1) is 26.1. The van der Waals surface area contributed by atoms with Gasteiger partial charge in [0.05, 0.1) is 12.3 Å². The van der Waals surface area contributed by atoms with Crippen LogP contribution in [0.3, 0.4) is 0 Å². The number of ether oxygens (including phenoxy) is 2. The van der Waals surface area contributed by atoms with Gasteiger partial charge in [-0.3, -0.25) is 9.78 Å². The lowest BCUT2D eigenvalue weighted by atomic mass is 9.54. The first-order valence-corrected chi connectivity index (χ1v) is 9.33. The molecule has 9 heteroatoms. The summed E-state index contributed by atoms with van der Waals surface area (Å²) in [6.45, 7) is 6.54. The highest BCUT2D eigenvalue weighted by Crippen LogP contribution is 2.49. The molecule has 1 heterocycles. The Labute approximate surface area is 188 Å². The molecule has 0 radical (unpaired) electrons. The topological polar surface area (TPSA) is 86.5 Å². The summed E-state index contributed by atoms with van der Waals surface area (Å²) < 4.78 is 25.5. The van der Waals surface area contributed by atoms with Crippen molar-refractivity contribution in [3.05, 3.63) is 54.1 Å². The summed E-state index contributed by atoms with van der Waals surface area (Å²) in [5.41, 5.74) is 5.50.